The van der Waals surface area contributed by atoms with Crippen LogP contribution in [0, 0.1) is 5.92 Å². The number of hydrogen-bond acceptors (Lipinski definition) is 5. The molecule has 3 rings (SSSR count). The maximum absolute atomic E-state index is 13.2. The van der Waals surface area contributed by atoms with Crippen molar-refractivity contribution in [2.45, 2.75) is 44.9 Å². The molecule has 3 atom stereocenters. The molecule has 0 bridgehead atoms. The average Bonchev–Trinajstić information content (AvgIpc) is 3.19. The Hall–Kier alpha value is -3.88. The van der Waals surface area contributed by atoms with E-state index in [4.69, 9.17) is 4.74 Å². The van der Waals surface area contributed by atoms with Gasteiger partial charge in [0.05, 0.1) is 12.0 Å². The summed E-state index contributed by atoms with van der Waals surface area (Å²) in [5, 5.41) is 15.1. The molecule has 34 heavy (non-hydrogen) atoms. The lowest BCUT2D eigenvalue weighted by atomic mass is 9.92. The summed E-state index contributed by atoms with van der Waals surface area (Å²) >= 11 is 0. The molecule has 0 spiro atoms. The van der Waals surface area contributed by atoms with Gasteiger partial charge in [-0.05, 0) is 44.9 Å². The number of rotatable bonds is 6. The monoisotopic (exact) mass is 467 g/mol. The van der Waals surface area contributed by atoms with Crippen molar-refractivity contribution < 1.29 is 29.0 Å². The van der Waals surface area contributed by atoms with Crippen LogP contribution >= 0.6 is 0 Å². The van der Waals surface area contributed by atoms with Crippen LogP contribution in [0.3, 0.4) is 0 Å². The summed E-state index contributed by atoms with van der Waals surface area (Å²) in [7, 11) is 0. The van der Waals surface area contributed by atoms with Gasteiger partial charge in [-0.2, -0.15) is 0 Å². The average molecular weight is 468 g/mol. The van der Waals surface area contributed by atoms with Gasteiger partial charge in [-0.1, -0.05) is 48.5 Å². The fraction of sp³-hybridized carbons (Fsp3) is 0.360. The number of anilines is 1. The molecule has 0 aromatic heterocycles. The van der Waals surface area contributed by atoms with Gasteiger partial charge in [0, 0.05) is 5.69 Å². The van der Waals surface area contributed by atoms with Gasteiger partial charge >= 0.3 is 12.1 Å². The lowest BCUT2D eigenvalue weighted by Gasteiger charge is -2.30. The number of carboxylic acid groups (broad SMARTS) is 1. The van der Waals surface area contributed by atoms with Gasteiger partial charge in [-0.3, -0.25) is 9.59 Å². The van der Waals surface area contributed by atoms with Crippen LogP contribution in [0.2, 0.25) is 0 Å². The number of amides is 3. The fourth-order valence-electron chi connectivity index (χ4n) is 4.02. The Kier molecular flexibility index (Phi) is 7.55. The molecule has 3 N–H and O–H groups in total. The van der Waals surface area contributed by atoms with Crippen molar-refractivity contribution in [2.24, 2.45) is 5.92 Å². The largest absolute Gasteiger partial charge is 0.480 e. The second-order valence-corrected chi connectivity index (χ2v) is 9.06. The molecule has 2 aromatic carbocycles. The van der Waals surface area contributed by atoms with Crippen LogP contribution in [0.15, 0.2) is 60.7 Å². The molecule has 180 valence electrons. The lowest BCUT2D eigenvalue weighted by molar-refractivity contribution is -0.149. The highest BCUT2D eigenvalue weighted by molar-refractivity contribution is 5.96. The first-order valence-corrected chi connectivity index (χ1v) is 11.0. The van der Waals surface area contributed by atoms with Crippen LogP contribution in [-0.4, -0.2) is 52.1 Å². The molecular formula is C25H29N3O6. The van der Waals surface area contributed by atoms with Crippen molar-refractivity contribution in [2.75, 3.05) is 11.9 Å². The molecule has 0 saturated carbocycles. The number of carboxylic acids is 1. The second kappa shape index (κ2) is 10.4. The maximum Gasteiger partial charge on any atom is 0.408 e. The van der Waals surface area contributed by atoms with Crippen LogP contribution in [0.4, 0.5) is 10.5 Å². The number of para-hydroxylation sites is 1. The number of carbonyl (C=O) groups is 4. The maximum atomic E-state index is 13.2. The summed E-state index contributed by atoms with van der Waals surface area (Å²) in [6, 6.07) is 15.6. The molecule has 0 radical (unpaired) electrons. The van der Waals surface area contributed by atoms with Crippen LogP contribution in [0.1, 0.15) is 38.8 Å². The van der Waals surface area contributed by atoms with E-state index >= 15 is 0 Å². The number of ether oxygens (including phenoxy) is 1. The van der Waals surface area contributed by atoms with E-state index in [9.17, 15) is 24.3 Å². The van der Waals surface area contributed by atoms with E-state index in [1.165, 1.54) is 4.90 Å². The number of carbonyl (C=O) groups excluding carboxylic acids is 3. The van der Waals surface area contributed by atoms with Crippen molar-refractivity contribution in [3.63, 3.8) is 0 Å². The summed E-state index contributed by atoms with van der Waals surface area (Å²) in [6.07, 6.45) is -0.854. The van der Waals surface area contributed by atoms with E-state index in [0.717, 1.165) is 0 Å². The Balaban J connectivity index is 1.88. The molecule has 1 heterocycles. The van der Waals surface area contributed by atoms with E-state index in [0.29, 0.717) is 11.3 Å². The normalized spacial score (nSPS) is 19.9. The van der Waals surface area contributed by atoms with Crippen molar-refractivity contribution in [3.05, 3.63) is 66.2 Å². The molecular weight excluding hydrogens is 438 g/mol. The van der Waals surface area contributed by atoms with Crippen LogP contribution in [0.25, 0.3) is 0 Å². The third-order valence-corrected chi connectivity index (χ3v) is 5.37. The van der Waals surface area contributed by atoms with E-state index in [2.05, 4.69) is 10.6 Å². The standard InChI is InChI=1S/C25H29N3O6/c1-25(2,3)34-24(33)26-15-20(29)28-19(23(31)32)14-18(21(28)16-10-6-4-7-11-16)22(30)27-17-12-8-5-9-13-17/h4-13,18-19,21H,14-15H2,1-3H3,(H,26,33)(H,27,30)(H,31,32). The minimum Gasteiger partial charge on any atom is -0.480 e. The molecule has 1 fully saturated rings. The molecule has 9 nitrogen and oxygen atoms in total. The molecule has 3 amide bonds. The minimum absolute atomic E-state index is 0.0638. The van der Waals surface area contributed by atoms with E-state index in [1.54, 1.807) is 75.4 Å². The highest BCUT2D eigenvalue weighted by Gasteiger charge is 2.50. The number of benzene rings is 2. The third-order valence-electron chi connectivity index (χ3n) is 5.37. The van der Waals surface area contributed by atoms with Gasteiger partial charge in [0.2, 0.25) is 11.8 Å². The molecule has 1 aliphatic rings. The molecule has 1 aliphatic heterocycles. The second-order valence-electron chi connectivity index (χ2n) is 9.06. The quantitative estimate of drug-likeness (QED) is 0.599. The number of aliphatic carboxylic acids is 1. The summed E-state index contributed by atoms with van der Waals surface area (Å²) in [4.78, 5) is 51.8. The SMILES string of the molecule is CC(C)(C)OC(=O)NCC(=O)N1C(C(=O)O)CC(C(=O)Nc2ccccc2)C1c1ccccc1. The zero-order chi connectivity index (χ0) is 24.9. The Morgan fingerprint density at radius 3 is 2.15 bits per heavy atom. The zero-order valence-corrected chi connectivity index (χ0v) is 19.4. The Morgan fingerprint density at radius 2 is 1.59 bits per heavy atom. The van der Waals surface area contributed by atoms with Gasteiger partial charge in [0.1, 0.15) is 18.2 Å². The van der Waals surface area contributed by atoms with Gasteiger partial charge in [-0.25, -0.2) is 9.59 Å². The van der Waals surface area contributed by atoms with E-state index in [-0.39, 0.29) is 12.3 Å². The summed E-state index contributed by atoms with van der Waals surface area (Å²) in [5.41, 5.74) is 0.449. The number of hydrogen-bond donors (Lipinski definition) is 3. The molecule has 2 aromatic rings. The fourth-order valence-corrected chi connectivity index (χ4v) is 4.02. The van der Waals surface area contributed by atoms with Gasteiger partial charge in [-0.15, -0.1) is 0 Å². The first-order valence-electron chi connectivity index (χ1n) is 11.0. The molecule has 1 saturated heterocycles. The summed E-state index contributed by atoms with van der Waals surface area (Å²) < 4.78 is 5.16. The van der Waals surface area contributed by atoms with Crippen LogP contribution < -0.4 is 10.6 Å². The van der Waals surface area contributed by atoms with E-state index < -0.39 is 48.1 Å². The Bertz CT molecular complexity index is 1040. The van der Waals surface area contributed by atoms with Gasteiger partial charge in [0.15, 0.2) is 0 Å². The van der Waals surface area contributed by atoms with Crippen molar-refractivity contribution in [1.29, 1.82) is 0 Å². The highest BCUT2D eigenvalue weighted by atomic mass is 16.6. The Labute approximate surface area is 198 Å². The first kappa shape index (κ1) is 24.8. The van der Waals surface area contributed by atoms with Crippen molar-refractivity contribution >= 4 is 29.6 Å². The van der Waals surface area contributed by atoms with Crippen LogP contribution in [-0.2, 0) is 19.1 Å². The van der Waals surface area contributed by atoms with Crippen LogP contribution in [0.5, 0.6) is 0 Å². The first-order chi connectivity index (χ1) is 16.1. The molecule has 3 unspecified atom stereocenters. The summed E-state index contributed by atoms with van der Waals surface area (Å²) in [5.74, 6) is -3.04. The van der Waals surface area contributed by atoms with Gasteiger partial charge in [0.25, 0.3) is 0 Å². The highest BCUT2D eigenvalue weighted by Crippen LogP contribution is 2.42. The smallest absolute Gasteiger partial charge is 0.408 e. The number of nitrogens with one attached hydrogen (secondary N) is 2. The third kappa shape index (κ3) is 6.12. The zero-order valence-electron chi connectivity index (χ0n) is 19.4. The summed E-state index contributed by atoms with van der Waals surface area (Å²) in [6.45, 7) is 4.61. The molecule has 0 aliphatic carbocycles. The minimum atomic E-state index is -1.23. The number of alkyl carbamates (subject to hydrolysis) is 1. The van der Waals surface area contributed by atoms with E-state index in [1.807, 2.05) is 6.07 Å². The topological polar surface area (TPSA) is 125 Å². The van der Waals surface area contributed by atoms with Crippen molar-refractivity contribution in [3.8, 4) is 0 Å². The predicted octanol–water partition coefficient (Wildman–Crippen LogP) is 3.19. The van der Waals surface area contributed by atoms with Gasteiger partial charge < -0.3 is 25.4 Å². The number of nitrogens with zero attached hydrogens (tertiary/aromatic N) is 1. The number of likely N-dealkylation sites (tertiary alicyclic amines) is 1. The van der Waals surface area contributed by atoms with Crippen molar-refractivity contribution in [1.82, 2.24) is 10.2 Å². The lowest BCUT2D eigenvalue weighted by Crippen LogP contribution is -2.47. The molecule has 9 heteroatoms. The Morgan fingerprint density at radius 1 is 1.00 bits per heavy atom. The predicted molar refractivity (Wildman–Crippen MR) is 125 cm³/mol.